The molecule has 0 saturated carbocycles. The number of benzene rings is 3. The zero-order valence-corrected chi connectivity index (χ0v) is 35.2. The first-order chi connectivity index (χ1) is 30.1. The van der Waals surface area contributed by atoms with E-state index >= 15 is 0 Å². The van der Waals surface area contributed by atoms with Gasteiger partial charge in [0, 0.05) is 36.5 Å². The molecule has 1 heterocycles. The Morgan fingerprint density at radius 3 is 2.13 bits per heavy atom. The van der Waals surface area contributed by atoms with Gasteiger partial charge in [-0.2, -0.15) is 0 Å². The number of carbonyl (C=O) groups excluding carboxylic acids is 3. The molecule has 0 radical (unpaired) electrons. The number of azide groups is 1. The maximum absolute atomic E-state index is 13.0. The van der Waals surface area contributed by atoms with Crippen molar-refractivity contribution in [1.29, 1.82) is 0 Å². The molecule has 4 rings (SSSR count). The number of carbonyl (C=O) groups is 4. The molecule has 1 aromatic heterocycles. The second-order valence-electron chi connectivity index (χ2n) is 14.0. The SMILES string of the molecule is CC(=O)N[C@@H](CCCNc1cc(C)ccn1)C(=O)NCC(=O)N[C@@H](CC(=O)O)c1ccc(-c2ccc(OCCOCCOCCOCCOCCN=[N+]=[N-])c3ccccc23)cc1. The summed E-state index contributed by atoms with van der Waals surface area (Å²) in [5.41, 5.74) is 11.7. The number of ether oxygens (including phenoxy) is 5. The third-order valence-electron chi connectivity index (χ3n) is 9.23. The summed E-state index contributed by atoms with van der Waals surface area (Å²) in [4.78, 5) is 56.7. The standard InChI is InChI=1S/C44H56N8O10/c1-31-15-17-47-41(28-31)46-16-5-8-38(50-32(2)53)44(57)48-30-42(54)51-39(29-43(55)56)34-11-9-33(10-12-34)35-13-14-40(37-7-4-3-6-36(35)37)62-27-26-61-25-24-60-23-22-59-21-20-58-19-18-49-52-45/h3-4,6-7,9-15,17,28,38-39H,5,8,16,18-27,29-30H2,1-2H3,(H,46,47)(H,48,57)(H,50,53)(H,51,54)(H,55,56)/t38-,39-/m0/s1. The second-order valence-corrected chi connectivity index (χ2v) is 14.0. The number of nitrogens with one attached hydrogen (secondary N) is 4. The van der Waals surface area contributed by atoms with E-state index in [-0.39, 0.29) is 12.3 Å². The monoisotopic (exact) mass is 856 g/mol. The maximum atomic E-state index is 13.0. The molecule has 18 heteroatoms. The van der Waals surface area contributed by atoms with Crippen molar-refractivity contribution in [3.63, 3.8) is 0 Å². The van der Waals surface area contributed by atoms with E-state index in [4.69, 9.17) is 29.2 Å². The van der Waals surface area contributed by atoms with Crippen molar-refractivity contribution in [1.82, 2.24) is 20.9 Å². The number of amides is 3. The number of hydrogen-bond acceptors (Lipinski definition) is 12. The quantitative estimate of drug-likeness (QED) is 0.0199. The van der Waals surface area contributed by atoms with Crippen LogP contribution in [0.5, 0.6) is 5.75 Å². The smallest absolute Gasteiger partial charge is 0.305 e. The van der Waals surface area contributed by atoms with Crippen LogP contribution in [0.4, 0.5) is 5.82 Å². The Morgan fingerprint density at radius 2 is 1.48 bits per heavy atom. The molecule has 0 unspecified atom stereocenters. The summed E-state index contributed by atoms with van der Waals surface area (Å²) in [5.74, 6) is -1.19. The molecule has 2 atom stereocenters. The summed E-state index contributed by atoms with van der Waals surface area (Å²) < 4.78 is 28.0. The average molecular weight is 857 g/mol. The summed E-state index contributed by atoms with van der Waals surface area (Å²) in [5, 5.41) is 26.1. The van der Waals surface area contributed by atoms with E-state index in [2.05, 4.69) is 36.3 Å². The molecule has 18 nitrogen and oxygen atoms in total. The van der Waals surface area contributed by atoms with Gasteiger partial charge in [-0.1, -0.05) is 59.7 Å². The third kappa shape index (κ3) is 17.7. The van der Waals surface area contributed by atoms with Crippen LogP contribution in [-0.4, -0.2) is 119 Å². The average Bonchev–Trinajstić information content (AvgIpc) is 3.26. The van der Waals surface area contributed by atoms with Crippen LogP contribution < -0.4 is 26.0 Å². The van der Waals surface area contributed by atoms with Gasteiger partial charge < -0.3 is 50.1 Å². The van der Waals surface area contributed by atoms with Gasteiger partial charge in [0.2, 0.25) is 17.7 Å². The van der Waals surface area contributed by atoms with Crippen molar-refractivity contribution in [2.24, 2.45) is 5.11 Å². The zero-order valence-electron chi connectivity index (χ0n) is 35.2. The number of aryl methyl sites for hydroxylation is 1. The van der Waals surface area contributed by atoms with E-state index in [1.54, 1.807) is 18.3 Å². The number of aromatic nitrogens is 1. The van der Waals surface area contributed by atoms with Crippen LogP contribution in [0.15, 0.2) is 84.1 Å². The van der Waals surface area contributed by atoms with Crippen molar-refractivity contribution in [3.8, 4) is 16.9 Å². The summed E-state index contributed by atoms with van der Waals surface area (Å²) in [7, 11) is 0. The van der Waals surface area contributed by atoms with Crippen LogP contribution in [0, 0.1) is 6.92 Å². The Labute approximate surface area is 360 Å². The molecule has 0 saturated heterocycles. The number of rotatable bonds is 30. The summed E-state index contributed by atoms with van der Waals surface area (Å²) in [6.45, 7) is 7.26. The molecule has 0 aliphatic carbocycles. The van der Waals surface area contributed by atoms with Crippen molar-refractivity contribution >= 4 is 40.3 Å². The Hall–Kier alpha value is -6.30. The van der Waals surface area contributed by atoms with E-state index in [0.717, 1.165) is 27.5 Å². The van der Waals surface area contributed by atoms with Gasteiger partial charge in [-0.15, -0.1) is 0 Å². The van der Waals surface area contributed by atoms with Gasteiger partial charge in [0.25, 0.3) is 0 Å². The molecule has 4 aromatic rings. The molecule has 3 amide bonds. The molecular weight excluding hydrogens is 801 g/mol. The molecule has 0 fully saturated rings. The zero-order chi connectivity index (χ0) is 44.4. The van der Waals surface area contributed by atoms with Gasteiger partial charge in [0.15, 0.2) is 0 Å². The molecule has 5 N–H and O–H groups in total. The van der Waals surface area contributed by atoms with Crippen LogP contribution in [0.1, 0.15) is 43.4 Å². The first-order valence-electron chi connectivity index (χ1n) is 20.4. The molecule has 0 aliphatic heterocycles. The molecular formula is C44H56N8O10. The topological polar surface area (TPSA) is 244 Å². The number of pyridine rings is 1. The molecule has 332 valence electrons. The van der Waals surface area contributed by atoms with Gasteiger partial charge in [0.05, 0.1) is 71.9 Å². The van der Waals surface area contributed by atoms with E-state index in [9.17, 15) is 24.3 Å². The molecule has 3 aromatic carbocycles. The largest absolute Gasteiger partial charge is 0.491 e. The van der Waals surface area contributed by atoms with Crippen LogP contribution in [0.2, 0.25) is 0 Å². The van der Waals surface area contributed by atoms with E-state index in [1.807, 2.05) is 67.6 Å². The Balaban J connectivity index is 1.23. The van der Waals surface area contributed by atoms with Gasteiger partial charge in [-0.25, -0.2) is 4.98 Å². The number of anilines is 1. The highest BCUT2D eigenvalue weighted by molar-refractivity contribution is 6.00. The van der Waals surface area contributed by atoms with E-state index in [0.29, 0.717) is 103 Å². The fourth-order valence-electron chi connectivity index (χ4n) is 6.30. The first kappa shape index (κ1) is 48.4. The minimum atomic E-state index is -1.11. The minimum Gasteiger partial charge on any atom is -0.491 e. The second kappa shape index (κ2) is 27.5. The lowest BCUT2D eigenvalue weighted by Gasteiger charge is -2.20. The number of carboxylic acids is 1. The predicted molar refractivity (Wildman–Crippen MR) is 233 cm³/mol. The van der Waals surface area contributed by atoms with E-state index < -0.39 is 36.4 Å². The number of fused-ring (bicyclic) bond motifs is 1. The molecule has 0 bridgehead atoms. The summed E-state index contributed by atoms with van der Waals surface area (Å²) in [6, 6.07) is 21.1. The fraction of sp³-hybridized carbons (Fsp3) is 0.432. The van der Waals surface area contributed by atoms with Crippen molar-refractivity contribution in [2.45, 2.75) is 45.2 Å². The normalized spacial score (nSPS) is 11.8. The Kier molecular flexibility index (Phi) is 21.5. The highest BCUT2D eigenvalue weighted by Gasteiger charge is 2.22. The van der Waals surface area contributed by atoms with Crippen LogP contribution >= 0.6 is 0 Å². The minimum absolute atomic E-state index is 0.295. The molecule has 0 aliphatic rings. The summed E-state index contributed by atoms with van der Waals surface area (Å²) >= 11 is 0. The maximum Gasteiger partial charge on any atom is 0.305 e. The van der Waals surface area contributed by atoms with Crippen molar-refractivity contribution in [2.75, 3.05) is 84.4 Å². The van der Waals surface area contributed by atoms with Crippen LogP contribution in [-0.2, 0) is 38.1 Å². The predicted octanol–water partition coefficient (Wildman–Crippen LogP) is 5.11. The van der Waals surface area contributed by atoms with Gasteiger partial charge in [0.1, 0.15) is 24.2 Å². The first-order valence-corrected chi connectivity index (χ1v) is 20.4. The third-order valence-corrected chi connectivity index (χ3v) is 9.23. The van der Waals surface area contributed by atoms with Crippen LogP contribution in [0.25, 0.3) is 32.3 Å². The Morgan fingerprint density at radius 1 is 0.823 bits per heavy atom. The number of nitrogens with zero attached hydrogens (tertiary/aromatic N) is 4. The fourth-order valence-corrected chi connectivity index (χ4v) is 6.30. The highest BCUT2D eigenvalue weighted by atomic mass is 16.6. The van der Waals surface area contributed by atoms with E-state index in [1.165, 1.54) is 6.92 Å². The number of hydrogen-bond donors (Lipinski definition) is 5. The van der Waals surface area contributed by atoms with Gasteiger partial charge in [-0.3, -0.25) is 19.2 Å². The lowest BCUT2D eigenvalue weighted by atomic mass is 9.95. The molecule has 62 heavy (non-hydrogen) atoms. The van der Waals surface area contributed by atoms with Crippen molar-refractivity contribution in [3.05, 3.63) is 101 Å². The van der Waals surface area contributed by atoms with Gasteiger partial charge >= 0.3 is 5.97 Å². The number of aliphatic carboxylic acids is 1. The highest BCUT2D eigenvalue weighted by Crippen LogP contribution is 2.35. The van der Waals surface area contributed by atoms with Crippen molar-refractivity contribution < 1.29 is 48.0 Å². The lowest BCUT2D eigenvalue weighted by Crippen LogP contribution is -2.49. The van der Waals surface area contributed by atoms with Gasteiger partial charge in [-0.05, 0) is 71.1 Å². The lowest BCUT2D eigenvalue weighted by molar-refractivity contribution is -0.138. The molecule has 0 spiro atoms. The summed E-state index contributed by atoms with van der Waals surface area (Å²) in [6.07, 6.45) is 2.18. The Bertz CT molecular complexity index is 2080. The van der Waals surface area contributed by atoms with Crippen LogP contribution in [0.3, 0.4) is 0 Å². The number of carboxylic acid groups (broad SMARTS) is 1.